The summed E-state index contributed by atoms with van der Waals surface area (Å²) in [6, 6.07) is 29.6. The Morgan fingerprint density at radius 2 is 1.54 bits per heavy atom. The van der Waals surface area contributed by atoms with E-state index in [0.29, 0.717) is 29.5 Å². The Morgan fingerprint density at radius 1 is 0.846 bits per heavy atom. The lowest BCUT2D eigenvalue weighted by molar-refractivity contribution is -0.150. The average Bonchev–Trinajstić information content (AvgIpc) is 2.95. The van der Waals surface area contributed by atoms with Gasteiger partial charge in [0, 0.05) is 12.0 Å². The Hall–Kier alpha value is -4.29. The number of rotatable bonds is 2. The minimum atomic E-state index is -1.43. The molecule has 5 nitrogen and oxygen atoms in total. The van der Waals surface area contributed by atoms with Gasteiger partial charge in [-0.1, -0.05) is 72.8 Å². The number of esters is 1. The van der Waals surface area contributed by atoms with Crippen LogP contribution in [0.3, 0.4) is 0 Å². The number of hydrogen-bond acceptors (Lipinski definition) is 4. The van der Waals surface area contributed by atoms with E-state index in [4.69, 9.17) is 10.5 Å². The summed E-state index contributed by atoms with van der Waals surface area (Å²) in [4.78, 5) is 26.6. The molecule has 0 aromatic heterocycles. The van der Waals surface area contributed by atoms with Crippen molar-refractivity contribution in [2.24, 2.45) is 5.73 Å². The first kappa shape index (κ1) is 26.3. The number of fused-ring (bicyclic) bond motifs is 4. The molecule has 1 amide bonds. The third-order valence-electron chi connectivity index (χ3n) is 7.10. The van der Waals surface area contributed by atoms with E-state index in [9.17, 15) is 14.0 Å². The first-order chi connectivity index (χ1) is 18.8. The predicted molar refractivity (Wildman–Crippen MR) is 149 cm³/mol. The van der Waals surface area contributed by atoms with E-state index in [0.717, 1.165) is 22.3 Å². The molecule has 0 radical (unpaired) electrons. The van der Waals surface area contributed by atoms with Crippen LogP contribution < -0.4 is 11.1 Å². The van der Waals surface area contributed by atoms with Crippen LogP contribution >= 0.6 is 0 Å². The maximum Gasteiger partial charge on any atom is 0.326 e. The van der Waals surface area contributed by atoms with Gasteiger partial charge in [0.2, 0.25) is 0 Å². The van der Waals surface area contributed by atoms with Gasteiger partial charge in [-0.2, -0.15) is 0 Å². The van der Waals surface area contributed by atoms with E-state index in [1.165, 1.54) is 6.07 Å². The molecule has 2 unspecified atom stereocenters. The molecule has 3 N–H and O–H groups in total. The van der Waals surface area contributed by atoms with Crippen molar-refractivity contribution in [3.8, 4) is 11.1 Å². The average molecular weight is 523 g/mol. The maximum absolute atomic E-state index is 14.7. The number of nitrogens with two attached hydrogens (primary N) is 1. The highest BCUT2D eigenvalue weighted by Crippen LogP contribution is 2.27. The fourth-order valence-corrected chi connectivity index (χ4v) is 4.96. The third kappa shape index (κ3) is 6.24. The molecule has 4 bridgehead atoms. The minimum Gasteiger partial charge on any atom is -0.459 e. The van der Waals surface area contributed by atoms with Crippen LogP contribution in [0.2, 0.25) is 0 Å². The number of benzene rings is 4. The second kappa shape index (κ2) is 11.2. The Labute approximate surface area is 227 Å². The topological polar surface area (TPSA) is 81.4 Å². The van der Waals surface area contributed by atoms with E-state index in [-0.39, 0.29) is 25.0 Å². The standard InChI is InChI=1S/C33H31FN2O3/c1-33(35)20-28-16-22(12-14-29(28)34)13-15-30(25-10-6-3-7-11-25)36-31(37)27-18-23(21-39-32(33)38)17-26(19-27)24-8-4-2-5-9-24/h2-12,14,16-19,30H,13,15,20-21,35H2,1H3,(H,36,37). The summed E-state index contributed by atoms with van der Waals surface area (Å²) < 4.78 is 20.4. The first-order valence-corrected chi connectivity index (χ1v) is 13.1. The van der Waals surface area contributed by atoms with Crippen LogP contribution in [0.25, 0.3) is 11.1 Å². The smallest absolute Gasteiger partial charge is 0.326 e. The maximum atomic E-state index is 14.7. The van der Waals surface area contributed by atoms with Crippen LogP contribution in [-0.2, 0) is 29.0 Å². The lowest BCUT2D eigenvalue weighted by Crippen LogP contribution is -2.48. The van der Waals surface area contributed by atoms with Gasteiger partial charge in [-0.3, -0.25) is 9.59 Å². The van der Waals surface area contributed by atoms with Crippen molar-refractivity contribution < 1.29 is 18.7 Å². The SMILES string of the molecule is CC1(N)Cc2cc(ccc2F)CCC(c2ccccc2)NC(=O)c2cc(cc(-c3ccccc3)c2)COC1=O. The van der Waals surface area contributed by atoms with E-state index in [1.807, 2.05) is 72.8 Å². The number of ether oxygens (including phenoxy) is 1. The third-order valence-corrected chi connectivity index (χ3v) is 7.10. The predicted octanol–water partition coefficient (Wildman–Crippen LogP) is 5.91. The summed E-state index contributed by atoms with van der Waals surface area (Å²) in [5.74, 6) is -1.29. The summed E-state index contributed by atoms with van der Waals surface area (Å²) in [7, 11) is 0. The van der Waals surface area contributed by atoms with Gasteiger partial charge in [0.15, 0.2) is 0 Å². The number of nitrogens with one attached hydrogen (secondary N) is 1. The lowest BCUT2D eigenvalue weighted by atomic mass is 9.91. The van der Waals surface area contributed by atoms with Crippen molar-refractivity contribution in [2.45, 2.75) is 44.4 Å². The molecule has 1 aliphatic heterocycles. The Bertz CT molecular complexity index is 1490. The van der Waals surface area contributed by atoms with Crippen LogP contribution in [0.15, 0.2) is 97.1 Å². The molecule has 4 aromatic rings. The van der Waals surface area contributed by atoms with Crippen molar-refractivity contribution in [3.05, 3.63) is 131 Å². The van der Waals surface area contributed by atoms with E-state index in [1.54, 1.807) is 25.1 Å². The van der Waals surface area contributed by atoms with Gasteiger partial charge in [-0.25, -0.2) is 4.39 Å². The second-order valence-corrected chi connectivity index (χ2v) is 10.4. The van der Waals surface area contributed by atoms with E-state index in [2.05, 4.69) is 5.32 Å². The molecule has 0 saturated heterocycles. The largest absolute Gasteiger partial charge is 0.459 e. The van der Waals surface area contributed by atoms with Crippen molar-refractivity contribution in [1.29, 1.82) is 0 Å². The van der Waals surface area contributed by atoms with Gasteiger partial charge in [0.25, 0.3) is 5.91 Å². The molecule has 1 heterocycles. The van der Waals surface area contributed by atoms with Gasteiger partial charge < -0.3 is 15.8 Å². The molecule has 6 heteroatoms. The van der Waals surface area contributed by atoms with Crippen LogP contribution in [0.4, 0.5) is 4.39 Å². The van der Waals surface area contributed by atoms with Crippen LogP contribution in [0, 0.1) is 5.82 Å². The van der Waals surface area contributed by atoms with Gasteiger partial charge in [0.1, 0.15) is 18.0 Å². The highest BCUT2D eigenvalue weighted by atomic mass is 19.1. The van der Waals surface area contributed by atoms with Crippen LogP contribution in [-0.4, -0.2) is 17.4 Å². The number of aryl methyl sites for hydroxylation is 1. The molecule has 39 heavy (non-hydrogen) atoms. The number of amides is 1. The van der Waals surface area contributed by atoms with Gasteiger partial charge >= 0.3 is 5.97 Å². The number of halogens is 1. The lowest BCUT2D eigenvalue weighted by Gasteiger charge is -2.24. The quantitative estimate of drug-likeness (QED) is 0.321. The molecule has 1 aliphatic rings. The summed E-state index contributed by atoms with van der Waals surface area (Å²) in [5.41, 5.74) is 10.0. The number of carbonyl (C=O) groups is 2. The summed E-state index contributed by atoms with van der Waals surface area (Å²) in [6.07, 6.45) is 1.20. The van der Waals surface area contributed by atoms with E-state index >= 15 is 0 Å². The fraction of sp³-hybridized carbons (Fsp3) is 0.212. The van der Waals surface area contributed by atoms with Crippen molar-refractivity contribution in [3.63, 3.8) is 0 Å². The molecule has 5 rings (SSSR count). The monoisotopic (exact) mass is 522 g/mol. The van der Waals surface area contributed by atoms with Crippen molar-refractivity contribution in [2.75, 3.05) is 0 Å². The highest BCUT2D eigenvalue weighted by molar-refractivity contribution is 5.96. The first-order valence-electron chi connectivity index (χ1n) is 13.1. The second-order valence-electron chi connectivity index (χ2n) is 10.4. The van der Waals surface area contributed by atoms with Crippen LogP contribution in [0.5, 0.6) is 0 Å². The van der Waals surface area contributed by atoms with Crippen molar-refractivity contribution >= 4 is 11.9 Å². The molecule has 2 atom stereocenters. The van der Waals surface area contributed by atoms with Gasteiger partial charge in [0.05, 0.1) is 6.04 Å². The van der Waals surface area contributed by atoms with E-state index < -0.39 is 17.3 Å². The normalized spacial score (nSPS) is 20.1. The zero-order valence-electron chi connectivity index (χ0n) is 21.8. The minimum absolute atomic E-state index is 0.000336. The molecule has 0 aliphatic carbocycles. The van der Waals surface area contributed by atoms with Gasteiger partial charge in [-0.15, -0.1) is 0 Å². The highest BCUT2D eigenvalue weighted by Gasteiger charge is 2.32. The Kier molecular flexibility index (Phi) is 7.57. The van der Waals surface area contributed by atoms with Gasteiger partial charge in [-0.05, 0) is 77.4 Å². The fourth-order valence-electron chi connectivity index (χ4n) is 4.96. The molecular formula is C33H31FN2O3. The number of hydrogen-bond donors (Lipinski definition) is 2. The van der Waals surface area contributed by atoms with Crippen LogP contribution in [0.1, 0.15) is 52.0 Å². The molecule has 4 aromatic carbocycles. The Morgan fingerprint density at radius 3 is 2.28 bits per heavy atom. The molecule has 0 spiro atoms. The molecule has 198 valence electrons. The zero-order chi connectivity index (χ0) is 27.4. The number of cyclic esters (lactones) is 1. The Balaban J connectivity index is 1.57. The zero-order valence-corrected chi connectivity index (χ0v) is 21.8. The molecule has 0 saturated carbocycles. The molecule has 0 fully saturated rings. The molecular weight excluding hydrogens is 491 g/mol. The summed E-state index contributed by atoms with van der Waals surface area (Å²) in [5, 5.41) is 3.20. The summed E-state index contributed by atoms with van der Waals surface area (Å²) in [6.45, 7) is 1.48. The van der Waals surface area contributed by atoms with Crippen molar-refractivity contribution in [1.82, 2.24) is 5.32 Å². The number of carbonyl (C=O) groups excluding carboxylic acids is 2. The summed E-state index contributed by atoms with van der Waals surface area (Å²) >= 11 is 0.